The van der Waals surface area contributed by atoms with Crippen LogP contribution >= 0.6 is 0 Å². The molecule has 1 aliphatic carbocycles. The molecule has 1 heterocycles. The summed E-state index contributed by atoms with van der Waals surface area (Å²) in [4.78, 5) is 7.00. The van der Waals surface area contributed by atoms with Crippen LogP contribution in [-0.2, 0) is 0 Å². The predicted octanol–water partition coefficient (Wildman–Crippen LogP) is 3.19. The van der Waals surface area contributed by atoms with Gasteiger partial charge < -0.3 is 10.6 Å². The van der Waals surface area contributed by atoms with Crippen LogP contribution in [0.25, 0.3) is 10.8 Å². The van der Waals surface area contributed by atoms with Gasteiger partial charge in [-0.15, -0.1) is 0 Å². The van der Waals surface area contributed by atoms with Gasteiger partial charge in [-0.05, 0) is 36.8 Å². The smallest absolute Gasteiger partial charge is 0.136 e. The van der Waals surface area contributed by atoms with E-state index in [1.807, 2.05) is 6.20 Å². The van der Waals surface area contributed by atoms with Gasteiger partial charge in [0.2, 0.25) is 0 Å². The van der Waals surface area contributed by atoms with E-state index in [0.717, 1.165) is 12.4 Å². The Labute approximate surface area is 120 Å². The molecule has 20 heavy (non-hydrogen) atoms. The fraction of sp³-hybridized carbons (Fsp3) is 0.471. The van der Waals surface area contributed by atoms with Gasteiger partial charge in [0, 0.05) is 24.7 Å². The highest BCUT2D eigenvalue weighted by molar-refractivity contribution is 5.92. The highest BCUT2D eigenvalue weighted by Crippen LogP contribution is 2.32. The number of anilines is 1. The molecule has 2 aromatic rings. The van der Waals surface area contributed by atoms with Gasteiger partial charge in [0.25, 0.3) is 0 Å². The van der Waals surface area contributed by atoms with E-state index >= 15 is 0 Å². The van der Waals surface area contributed by atoms with Crippen LogP contribution < -0.4 is 10.6 Å². The normalized spacial score (nSPS) is 22.9. The molecule has 0 spiro atoms. The quantitative estimate of drug-likeness (QED) is 0.930. The zero-order valence-electron chi connectivity index (χ0n) is 12.1. The van der Waals surface area contributed by atoms with Gasteiger partial charge >= 0.3 is 0 Å². The van der Waals surface area contributed by atoms with Crippen LogP contribution in [0.5, 0.6) is 0 Å². The van der Waals surface area contributed by atoms with Crippen molar-refractivity contribution in [3.8, 4) is 0 Å². The topological polar surface area (TPSA) is 42.2 Å². The van der Waals surface area contributed by atoms with Gasteiger partial charge in [-0.2, -0.15) is 0 Å². The second kappa shape index (κ2) is 5.80. The maximum absolute atomic E-state index is 5.98. The number of rotatable bonds is 3. The maximum Gasteiger partial charge on any atom is 0.136 e. The predicted molar refractivity (Wildman–Crippen MR) is 84.9 cm³/mol. The summed E-state index contributed by atoms with van der Waals surface area (Å²) in [6, 6.07) is 11.1. The van der Waals surface area contributed by atoms with E-state index in [2.05, 4.69) is 47.3 Å². The third-order valence-corrected chi connectivity index (χ3v) is 4.66. The molecule has 0 saturated heterocycles. The number of benzene rings is 1. The lowest BCUT2D eigenvalue weighted by atomic mass is 9.83. The summed E-state index contributed by atoms with van der Waals surface area (Å²) >= 11 is 0. The van der Waals surface area contributed by atoms with E-state index in [-0.39, 0.29) is 0 Å². The Kier molecular flexibility index (Phi) is 3.88. The van der Waals surface area contributed by atoms with Crippen molar-refractivity contribution in [1.82, 2.24) is 4.98 Å². The first kappa shape index (κ1) is 13.4. The minimum atomic E-state index is 0.520. The van der Waals surface area contributed by atoms with E-state index in [4.69, 9.17) is 5.73 Å². The molecule has 2 atom stereocenters. The standard InChI is InChI=1S/C17H23N3/c1-20(16-9-5-3-7-14(16)12-18)17-15-8-4-2-6-13(15)10-11-19-17/h2,4,6,8,10-11,14,16H,3,5,7,9,12,18H2,1H3. The molecule has 2 unspecified atom stereocenters. The first-order chi connectivity index (χ1) is 9.81. The van der Waals surface area contributed by atoms with E-state index < -0.39 is 0 Å². The van der Waals surface area contributed by atoms with E-state index in [1.54, 1.807) is 0 Å². The largest absolute Gasteiger partial charge is 0.356 e. The molecule has 0 radical (unpaired) electrons. The number of fused-ring (bicyclic) bond motifs is 1. The van der Waals surface area contributed by atoms with Crippen LogP contribution in [0.15, 0.2) is 36.5 Å². The van der Waals surface area contributed by atoms with Crippen molar-refractivity contribution < 1.29 is 0 Å². The molecule has 0 amide bonds. The lowest BCUT2D eigenvalue weighted by molar-refractivity contribution is 0.306. The molecule has 1 saturated carbocycles. The van der Waals surface area contributed by atoms with Gasteiger partial charge in [0.05, 0.1) is 0 Å². The van der Waals surface area contributed by atoms with Gasteiger partial charge in [-0.1, -0.05) is 37.1 Å². The van der Waals surface area contributed by atoms with E-state index in [1.165, 1.54) is 36.5 Å². The minimum Gasteiger partial charge on any atom is -0.356 e. The van der Waals surface area contributed by atoms with Gasteiger partial charge in [-0.3, -0.25) is 0 Å². The van der Waals surface area contributed by atoms with Crippen LogP contribution in [-0.4, -0.2) is 24.6 Å². The Morgan fingerprint density at radius 2 is 2.00 bits per heavy atom. The van der Waals surface area contributed by atoms with Crippen molar-refractivity contribution in [2.75, 3.05) is 18.5 Å². The number of nitrogens with two attached hydrogens (primary N) is 1. The molecule has 1 fully saturated rings. The molecule has 3 nitrogen and oxygen atoms in total. The van der Waals surface area contributed by atoms with Gasteiger partial charge in [-0.25, -0.2) is 4.98 Å². The molecule has 0 bridgehead atoms. The summed E-state index contributed by atoms with van der Waals surface area (Å²) in [5, 5.41) is 2.49. The number of nitrogens with zero attached hydrogens (tertiary/aromatic N) is 2. The summed E-state index contributed by atoms with van der Waals surface area (Å²) in [6.45, 7) is 0.778. The summed E-state index contributed by atoms with van der Waals surface area (Å²) in [6.07, 6.45) is 7.00. The van der Waals surface area contributed by atoms with Crippen molar-refractivity contribution in [2.45, 2.75) is 31.7 Å². The Bertz CT molecular complexity index is 576. The van der Waals surface area contributed by atoms with Crippen molar-refractivity contribution in [2.24, 2.45) is 11.7 Å². The Morgan fingerprint density at radius 3 is 2.85 bits per heavy atom. The van der Waals surface area contributed by atoms with Crippen molar-refractivity contribution in [3.05, 3.63) is 36.5 Å². The SMILES string of the molecule is CN(c1nccc2ccccc12)C1CCCCC1CN. The fourth-order valence-electron chi connectivity index (χ4n) is 3.51. The molecular formula is C17H23N3. The van der Waals surface area contributed by atoms with Crippen LogP contribution in [0, 0.1) is 5.92 Å². The lowest BCUT2D eigenvalue weighted by Crippen LogP contribution is -2.43. The Balaban J connectivity index is 1.97. The third kappa shape index (κ3) is 2.38. The fourth-order valence-corrected chi connectivity index (χ4v) is 3.51. The Hall–Kier alpha value is -1.61. The summed E-state index contributed by atoms with van der Waals surface area (Å²) < 4.78 is 0. The zero-order chi connectivity index (χ0) is 13.9. The molecule has 1 aromatic carbocycles. The summed E-state index contributed by atoms with van der Waals surface area (Å²) in [5.74, 6) is 1.68. The average Bonchev–Trinajstić information content (AvgIpc) is 2.53. The number of aromatic nitrogens is 1. The van der Waals surface area contributed by atoms with Gasteiger partial charge in [0.1, 0.15) is 5.82 Å². The van der Waals surface area contributed by atoms with Crippen LogP contribution in [0.1, 0.15) is 25.7 Å². The van der Waals surface area contributed by atoms with E-state index in [9.17, 15) is 0 Å². The van der Waals surface area contributed by atoms with Crippen molar-refractivity contribution in [3.63, 3.8) is 0 Å². The Morgan fingerprint density at radius 1 is 1.20 bits per heavy atom. The summed E-state index contributed by atoms with van der Waals surface area (Å²) in [7, 11) is 2.17. The van der Waals surface area contributed by atoms with Crippen LogP contribution in [0.3, 0.4) is 0 Å². The maximum atomic E-state index is 5.98. The summed E-state index contributed by atoms with van der Waals surface area (Å²) in [5.41, 5.74) is 5.98. The highest BCUT2D eigenvalue weighted by Gasteiger charge is 2.28. The number of hydrogen-bond donors (Lipinski definition) is 1. The molecule has 0 aliphatic heterocycles. The second-order valence-electron chi connectivity index (χ2n) is 5.81. The lowest BCUT2D eigenvalue weighted by Gasteiger charge is -2.38. The van der Waals surface area contributed by atoms with Crippen LogP contribution in [0.4, 0.5) is 5.82 Å². The number of pyridine rings is 1. The molecular weight excluding hydrogens is 246 g/mol. The molecule has 3 rings (SSSR count). The van der Waals surface area contributed by atoms with Crippen molar-refractivity contribution in [1.29, 1.82) is 0 Å². The molecule has 2 N–H and O–H groups in total. The van der Waals surface area contributed by atoms with Crippen LogP contribution in [0.2, 0.25) is 0 Å². The average molecular weight is 269 g/mol. The van der Waals surface area contributed by atoms with E-state index in [0.29, 0.717) is 12.0 Å². The van der Waals surface area contributed by atoms with Crippen molar-refractivity contribution >= 4 is 16.6 Å². The molecule has 1 aromatic heterocycles. The van der Waals surface area contributed by atoms with Gasteiger partial charge in [0.15, 0.2) is 0 Å². The zero-order valence-corrected chi connectivity index (χ0v) is 12.1. The highest BCUT2D eigenvalue weighted by atomic mass is 15.2. The molecule has 1 aliphatic rings. The third-order valence-electron chi connectivity index (χ3n) is 4.66. The minimum absolute atomic E-state index is 0.520. The molecule has 106 valence electrons. The first-order valence-corrected chi connectivity index (χ1v) is 7.58. The monoisotopic (exact) mass is 269 g/mol. The second-order valence-corrected chi connectivity index (χ2v) is 5.81. The number of hydrogen-bond acceptors (Lipinski definition) is 3. The first-order valence-electron chi connectivity index (χ1n) is 7.58. The molecule has 3 heteroatoms.